The molecule has 0 aromatic heterocycles. The van der Waals surface area contributed by atoms with Crippen molar-refractivity contribution < 1.29 is 9.84 Å². The van der Waals surface area contributed by atoms with E-state index in [1.165, 1.54) is 0 Å². The molecule has 2 nitrogen and oxygen atoms in total. The molecule has 0 radical (unpaired) electrons. The fourth-order valence-corrected chi connectivity index (χ4v) is 1.60. The number of hydrogen-bond donors (Lipinski definition) is 1. The largest absolute Gasteiger partial charge is 0.390 e. The van der Waals surface area contributed by atoms with Gasteiger partial charge < -0.3 is 9.84 Å². The molecule has 1 N–H and O–H groups in total. The van der Waals surface area contributed by atoms with Gasteiger partial charge >= 0.3 is 0 Å². The summed E-state index contributed by atoms with van der Waals surface area (Å²) in [6.07, 6.45) is 4.30. The molecule has 3 atom stereocenters. The van der Waals surface area contributed by atoms with E-state index in [-0.39, 0.29) is 18.3 Å². The highest BCUT2D eigenvalue weighted by Crippen LogP contribution is 2.34. The normalized spacial score (nSPS) is 43.7. The van der Waals surface area contributed by atoms with Crippen LogP contribution in [0.15, 0.2) is 24.3 Å². The molecule has 0 amide bonds. The molecule has 0 saturated carbocycles. The van der Waals surface area contributed by atoms with E-state index in [4.69, 9.17) is 4.74 Å². The summed E-state index contributed by atoms with van der Waals surface area (Å²) in [5, 5.41) is 9.31. The summed E-state index contributed by atoms with van der Waals surface area (Å²) in [7, 11) is 0. The van der Waals surface area contributed by atoms with Crippen molar-refractivity contribution in [3.05, 3.63) is 24.3 Å². The van der Waals surface area contributed by atoms with Crippen LogP contribution in [-0.4, -0.2) is 23.4 Å². The van der Waals surface area contributed by atoms with Gasteiger partial charge in [-0.2, -0.15) is 0 Å². The molecule has 2 rings (SSSR count). The zero-order valence-electron chi connectivity index (χ0n) is 5.66. The highest BCUT2D eigenvalue weighted by atomic mass is 16.5. The molecule has 54 valence electrons. The lowest BCUT2D eigenvalue weighted by molar-refractivity contribution is 0.0659. The summed E-state index contributed by atoms with van der Waals surface area (Å²) in [5.74, 6) is 0. The molecule has 0 aliphatic carbocycles. The first kappa shape index (κ1) is 6.13. The third kappa shape index (κ3) is 0.662. The van der Waals surface area contributed by atoms with Gasteiger partial charge in [0.2, 0.25) is 0 Å². The van der Waals surface area contributed by atoms with Crippen LogP contribution in [0.5, 0.6) is 0 Å². The van der Waals surface area contributed by atoms with E-state index in [1.54, 1.807) is 6.08 Å². The fraction of sp³-hybridized carbons (Fsp3) is 0.500. The third-order valence-corrected chi connectivity index (χ3v) is 2.09. The minimum Gasteiger partial charge on any atom is -0.390 e. The molecular formula is C8H10O2. The van der Waals surface area contributed by atoms with E-state index in [2.05, 4.69) is 6.58 Å². The first-order valence-electron chi connectivity index (χ1n) is 3.49. The number of rotatable bonds is 1. The van der Waals surface area contributed by atoms with E-state index in [1.807, 2.05) is 6.08 Å². The average molecular weight is 138 g/mol. The van der Waals surface area contributed by atoms with Gasteiger partial charge in [0.15, 0.2) is 0 Å². The van der Waals surface area contributed by atoms with Gasteiger partial charge in [0.25, 0.3) is 0 Å². The van der Waals surface area contributed by atoms with Crippen LogP contribution in [0.25, 0.3) is 0 Å². The lowest BCUT2D eigenvalue weighted by Gasteiger charge is -2.12. The second-order valence-electron chi connectivity index (χ2n) is 2.77. The molecule has 0 aromatic carbocycles. The van der Waals surface area contributed by atoms with Crippen molar-refractivity contribution in [2.45, 2.75) is 24.7 Å². The van der Waals surface area contributed by atoms with Crippen LogP contribution >= 0.6 is 0 Å². The van der Waals surface area contributed by atoms with Gasteiger partial charge in [0.1, 0.15) is 6.10 Å². The third-order valence-electron chi connectivity index (χ3n) is 2.09. The van der Waals surface area contributed by atoms with Crippen LogP contribution in [0.4, 0.5) is 0 Å². The summed E-state index contributed by atoms with van der Waals surface area (Å²) in [6, 6.07) is 0. The van der Waals surface area contributed by atoms with Crippen molar-refractivity contribution in [3.63, 3.8) is 0 Å². The first-order valence-corrected chi connectivity index (χ1v) is 3.49. The molecule has 1 saturated heterocycles. The number of fused-ring (bicyclic) bond motifs is 2. The van der Waals surface area contributed by atoms with Crippen LogP contribution in [0.2, 0.25) is 0 Å². The second-order valence-corrected chi connectivity index (χ2v) is 2.77. The Hall–Kier alpha value is -0.600. The van der Waals surface area contributed by atoms with Crippen LogP contribution < -0.4 is 0 Å². The van der Waals surface area contributed by atoms with E-state index >= 15 is 0 Å². The summed E-state index contributed by atoms with van der Waals surface area (Å²) < 4.78 is 5.37. The van der Waals surface area contributed by atoms with Gasteiger partial charge in [0, 0.05) is 6.42 Å². The number of hydrogen-bond acceptors (Lipinski definition) is 2. The predicted molar refractivity (Wildman–Crippen MR) is 37.6 cm³/mol. The van der Waals surface area contributed by atoms with Crippen molar-refractivity contribution in [3.8, 4) is 0 Å². The minimum absolute atomic E-state index is 0.0810. The Morgan fingerprint density at radius 2 is 2.60 bits per heavy atom. The summed E-state index contributed by atoms with van der Waals surface area (Å²) in [4.78, 5) is 0. The SMILES string of the molecule is C=CC1=C[C@H]2C[C@@H](O)[C@@H]1O2. The highest BCUT2D eigenvalue weighted by Gasteiger charge is 2.39. The zero-order chi connectivity index (χ0) is 7.14. The Bertz CT molecular complexity index is 195. The standard InChI is InChI=1S/C8H10O2/c1-2-5-3-6-4-7(9)8(5)10-6/h2-3,6-9H,1,4H2/t6-,7+,8+/m0/s1. The summed E-state index contributed by atoms with van der Waals surface area (Å²) >= 11 is 0. The topological polar surface area (TPSA) is 29.5 Å². The van der Waals surface area contributed by atoms with Gasteiger partial charge in [-0.3, -0.25) is 0 Å². The second kappa shape index (κ2) is 1.94. The van der Waals surface area contributed by atoms with E-state index in [9.17, 15) is 5.11 Å². The molecule has 2 aliphatic rings. The Morgan fingerprint density at radius 3 is 3.00 bits per heavy atom. The van der Waals surface area contributed by atoms with Crippen molar-refractivity contribution >= 4 is 0 Å². The van der Waals surface area contributed by atoms with Crippen molar-refractivity contribution in [1.29, 1.82) is 0 Å². The molecular weight excluding hydrogens is 128 g/mol. The zero-order valence-corrected chi connectivity index (χ0v) is 5.66. The maximum absolute atomic E-state index is 9.31. The fourth-order valence-electron chi connectivity index (χ4n) is 1.60. The van der Waals surface area contributed by atoms with Crippen molar-refractivity contribution in [2.24, 2.45) is 0 Å². The van der Waals surface area contributed by atoms with Gasteiger partial charge in [-0.15, -0.1) is 0 Å². The Labute approximate surface area is 59.8 Å². The molecule has 0 aromatic rings. The maximum Gasteiger partial charge on any atom is 0.109 e. The lowest BCUT2D eigenvalue weighted by atomic mass is 9.97. The van der Waals surface area contributed by atoms with E-state index in [0.29, 0.717) is 0 Å². The van der Waals surface area contributed by atoms with Crippen molar-refractivity contribution in [2.75, 3.05) is 0 Å². The molecule has 2 heterocycles. The molecule has 0 unspecified atom stereocenters. The molecule has 2 bridgehead atoms. The molecule has 1 fully saturated rings. The van der Waals surface area contributed by atoms with Crippen LogP contribution in [0.3, 0.4) is 0 Å². The maximum atomic E-state index is 9.31. The van der Waals surface area contributed by atoms with Gasteiger partial charge in [-0.05, 0) is 11.6 Å². The molecule has 10 heavy (non-hydrogen) atoms. The predicted octanol–water partition coefficient (Wildman–Crippen LogP) is 0.631. The van der Waals surface area contributed by atoms with Crippen molar-refractivity contribution in [1.82, 2.24) is 0 Å². The summed E-state index contributed by atoms with van der Waals surface area (Å²) in [5.41, 5.74) is 1.05. The number of ether oxygens (including phenoxy) is 1. The minimum atomic E-state index is -0.303. The van der Waals surface area contributed by atoms with E-state index < -0.39 is 0 Å². The quantitative estimate of drug-likeness (QED) is 0.576. The van der Waals surface area contributed by atoms with Gasteiger partial charge in [-0.1, -0.05) is 12.7 Å². The van der Waals surface area contributed by atoms with Crippen LogP contribution in [0, 0.1) is 0 Å². The van der Waals surface area contributed by atoms with Crippen LogP contribution in [-0.2, 0) is 4.74 Å². The Balaban J connectivity index is 2.26. The van der Waals surface area contributed by atoms with E-state index in [0.717, 1.165) is 12.0 Å². The molecule has 2 heteroatoms. The Morgan fingerprint density at radius 1 is 1.80 bits per heavy atom. The average Bonchev–Trinajstić information content (AvgIpc) is 2.44. The van der Waals surface area contributed by atoms with Crippen LogP contribution in [0.1, 0.15) is 6.42 Å². The summed E-state index contributed by atoms with van der Waals surface area (Å²) in [6.45, 7) is 3.64. The Kier molecular flexibility index (Phi) is 1.19. The van der Waals surface area contributed by atoms with Gasteiger partial charge in [-0.25, -0.2) is 0 Å². The van der Waals surface area contributed by atoms with Gasteiger partial charge in [0.05, 0.1) is 12.2 Å². The number of aliphatic hydroxyl groups is 1. The highest BCUT2D eigenvalue weighted by molar-refractivity contribution is 5.31. The molecule has 2 aliphatic heterocycles. The molecule has 0 spiro atoms. The number of aliphatic hydroxyl groups excluding tert-OH is 1. The smallest absolute Gasteiger partial charge is 0.109 e. The lowest BCUT2D eigenvalue weighted by Crippen LogP contribution is -2.22. The first-order chi connectivity index (χ1) is 4.81. The monoisotopic (exact) mass is 138 g/mol.